The zero-order valence-corrected chi connectivity index (χ0v) is 20.1. The molecule has 32 heavy (non-hydrogen) atoms. The molecule has 0 atom stereocenters. The van der Waals surface area contributed by atoms with Gasteiger partial charge in [0.15, 0.2) is 23.0 Å². The summed E-state index contributed by atoms with van der Waals surface area (Å²) in [6.07, 6.45) is 1.82. The van der Waals surface area contributed by atoms with Gasteiger partial charge in [0.2, 0.25) is 6.79 Å². The summed E-state index contributed by atoms with van der Waals surface area (Å²) in [5.41, 5.74) is 3.11. The van der Waals surface area contributed by atoms with Crippen molar-refractivity contribution in [2.45, 2.75) is 13.5 Å². The molecule has 0 radical (unpaired) electrons. The van der Waals surface area contributed by atoms with Crippen molar-refractivity contribution < 1.29 is 18.9 Å². The highest BCUT2D eigenvalue weighted by Crippen LogP contribution is 2.37. The van der Waals surface area contributed by atoms with E-state index in [1.165, 1.54) is 0 Å². The Kier molecular flexibility index (Phi) is 7.08. The van der Waals surface area contributed by atoms with Gasteiger partial charge in [0.05, 0.1) is 21.8 Å². The molecular weight excluding hydrogens is 541 g/mol. The second-order valence-electron chi connectivity index (χ2n) is 6.92. The fourth-order valence-electron chi connectivity index (χ4n) is 3.22. The molecular formula is C25H19ClINO4. The molecule has 0 unspecified atom stereocenters. The van der Waals surface area contributed by atoms with Crippen LogP contribution < -0.4 is 18.9 Å². The van der Waals surface area contributed by atoms with E-state index in [1.807, 2.05) is 67.6 Å². The summed E-state index contributed by atoms with van der Waals surface area (Å²) in [4.78, 5) is 0. The average molecular weight is 560 g/mol. The molecule has 0 aliphatic carbocycles. The molecule has 1 aliphatic heterocycles. The van der Waals surface area contributed by atoms with E-state index in [4.69, 9.17) is 30.5 Å². The van der Waals surface area contributed by atoms with Gasteiger partial charge in [-0.1, -0.05) is 23.7 Å². The summed E-state index contributed by atoms with van der Waals surface area (Å²) in [5.74, 6) is 2.62. The molecule has 5 nitrogen and oxygen atoms in total. The van der Waals surface area contributed by atoms with Crippen molar-refractivity contribution in [3.63, 3.8) is 0 Å². The Hall–Kier alpha value is -2.89. The number of hydrogen-bond donors (Lipinski definition) is 0. The number of nitriles is 1. The van der Waals surface area contributed by atoms with Gasteiger partial charge in [-0.05, 0) is 94.7 Å². The smallest absolute Gasteiger partial charge is 0.231 e. The first-order valence-corrected chi connectivity index (χ1v) is 11.4. The van der Waals surface area contributed by atoms with Crippen molar-refractivity contribution in [3.8, 4) is 29.1 Å². The van der Waals surface area contributed by atoms with Gasteiger partial charge < -0.3 is 18.9 Å². The summed E-state index contributed by atoms with van der Waals surface area (Å²) in [6, 6.07) is 19.1. The minimum absolute atomic E-state index is 0.192. The Balaban J connectivity index is 1.62. The normalized spacial score (nSPS) is 12.4. The monoisotopic (exact) mass is 559 g/mol. The molecule has 0 bridgehead atoms. The number of rotatable bonds is 7. The van der Waals surface area contributed by atoms with Gasteiger partial charge in [0, 0.05) is 5.02 Å². The fourth-order valence-corrected chi connectivity index (χ4v) is 4.13. The van der Waals surface area contributed by atoms with Crippen LogP contribution in [-0.4, -0.2) is 13.4 Å². The number of benzene rings is 3. The van der Waals surface area contributed by atoms with Crippen LogP contribution in [0.5, 0.6) is 23.0 Å². The van der Waals surface area contributed by atoms with Gasteiger partial charge in [-0.2, -0.15) is 5.26 Å². The minimum Gasteiger partial charge on any atom is -0.490 e. The zero-order chi connectivity index (χ0) is 22.5. The first-order valence-electron chi connectivity index (χ1n) is 9.92. The zero-order valence-electron chi connectivity index (χ0n) is 17.2. The molecule has 0 fully saturated rings. The van der Waals surface area contributed by atoms with Crippen molar-refractivity contribution in [2.24, 2.45) is 0 Å². The van der Waals surface area contributed by atoms with Crippen molar-refractivity contribution >= 4 is 45.8 Å². The first kappa shape index (κ1) is 22.3. The molecule has 1 aliphatic rings. The van der Waals surface area contributed by atoms with Crippen LogP contribution in [0, 0.1) is 14.9 Å². The first-order chi connectivity index (χ1) is 15.6. The predicted molar refractivity (Wildman–Crippen MR) is 132 cm³/mol. The standard InChI is InChI=1S/C25H19ClINO4/c1-2-29-24-11-17(9-19(13-28)18-5-8-22-23(12-18)32-15-31-22)10-21(27)25(24)30-14-16-3-6-20(26)7-4-16/h3-12H,2,14-15H2,1H3/b19-9-. The molecule has 0 N–H and O–H groups in total. The topological polar surface area (TPSA) is 60.7 Å². The van der Waals surface area contributed by atoms with Crippen LogP contribution >= 0.6 is 34.2 Å². The summed E-state index contributed by atoms with van der Waals surface area (Å²) in [7, 11) is 0. The molecule has 7 heteroatoms. The largest absolute Gasteiger partial charge is 0.490 e. The number of hydrogen-bond acceptors (Lipinski definition) is 5. The van der Waals surface area contributed by atoms with Crippen LogP contribution in [0.4, 0.5) is 0 Å². The van der Waals surface area contributed by atoms with Crippen LogP contribution in [0.3, 0.4) is 0 Å². The molecule has 0 amide bonds. The summed E-state index contributed by atoms with van der Waals surface area (Å²) in [5, 5.41) is 10.4. The van der Waals surface area contributed by atoms with E-state index in [1.54, 1.807) is 0 Å². The number of allylic oxidation sites excluding steroid dienone is 1. The molecule has 1 heterocycles. The maximum atomic E-state index is 9.76. The van der Waals surface area contributed by atoms with Gasteiger partial charge in [-0.3, -0.25) is 0 Å². The van der Waals surface area contributed by atoms with Crippen LogP contribution in [-0.2, 0) is 6.61 Å². The molecule has 162 valence electrons. The van der Waals surface area contributed by atoms with Gasteiger partial charge >= 0.3 is 0 Å². The lowest BCUT2D eigenvalue weighted by Gasteiger charge is -2.15. The third kappa shape index (κ3) is 5.12. The van der Waals surface area contributed by atoms with Crippen molar-refractivity contribution in [1.82, 2.24) is 0 Å². The molecule has 0 saturated carbocycles. The van der Waals surface area contributed by atoms with E-state index in [2.05, 4.69) is 28.7 Å². The number of ether oxygens (including phenoxy) is 4. The van der Waals surface area contributed by atoms with Crippen molar-refractivity contribution in [1.29, 1.82) is 5.26 Å². The maximum Gasteiger partial charge on any atom is 0.231 e. The Bertz CT molecular complexity index is 1200. The third-order valence-electron chi connectivity index (χ3n) is 4.74. The fraction of sp³-hybridized carbons (Fsp3) is 0.160. The van der Waals surface area contributed by atoms with Crippen LogP contribution in [0.2, 0.25) is 5.02 Å². The Morgan fingerprint density at radius 1 is 1.09 bits per heavy atom. The second-order valence-corrected chi connectivity index (χ2v) is 8.51. The Labute approximate surface area is 205 Å². The number of halogens is 2. The van der Waals surface area contributed by atoms with E-state index in [-0.39, 0.29) is 6.79 Å². The van der Waals surface area contributed by atoms with E-state index in [0.29, 0.717) is 46.8 Å². The van der Waals surface area contributed by atoms with E-state index < -0.39 is 0 Å². The average Bonchev–Trinajstić information content (AvgIpc) is 3.26. The highest BCUT2D eigenvalue weighted by molar-refractivity contribution is 14.1. The lowest BCUT2D eigenvalue weighted by Crippen LogP contribution is -2.02. The lowest BCUT2D eigenvalue weighted by molar-refractivity contribution is 0.174. The van der Waals surface area contributed by atoms with E-state index in [0.717, 1.165) is 20.3 Å². The highest BCUT2D eigenvalue weighted by Gasteiger charge is 2.16. The molecule has 0 saturated heterocycles. The van der Waals surface area contributed by atoms with E-state index >= 15 is 0 Å². The predicted octanol–water partition coefficient (Wildman–Crippen LogP) is 6.72. The minimum atomic E-state index is 0.192. The molecule has 0 spiro atoms. The SMILES string of the molecule is CCOc1cc(/C=C(/C#N)c2ccc3c(c2)OCO3)cc(I)c1OCc1ccc(Cl)cc1. The number of nitrogens with zero attached hydrogens (tertiary/aromatic N) is 1. The Morgan fingerprint density at radius 3 is 2.62 bits per heavy atom. The van der Waals surface area contributed by atoms with Gasteiger partial charge in [-0.25, -0.2) is 0 Å². The van der Waals surface area contributed by atoms with Gasteiger partial charge in [0.1, 0.15) is 6.61 Å². The van der Waals surface area contributed by atoms with Gasteiger partial charge in [0.25, 0.3) is 0 Å². The Morgan fingerprint density at radius 2 is 1.88 bits per heavy atom. The van der Waals surface area contributed by atoms with Gasteiger partial charge in [-0.15, -0.1) is 0 Å². The quantitative estimate of drug-likeness (QED) is 0.183. The maximum absolute atomic E-state index is 9.76. The highest BCUT2D eigenvalue weighted by atomic mass is 127. The molecule has 3 aromatic rings. The van der Waals surface area contributed by atoms with Crippen molar-refractivity contribution in [2.75, 3.05) is 13.4 Å². The summed E-state index contributed by atoms with van der Waals surface area (Å²) in [6.45, 7) is 3.00. The summed E-state index contributed by atoms with van der Waals surface area (Å²) < 4.78 is 23.6. The lowest BCUT2D eigenvalue weighted by atomic mass is 10.0. The van der Waals surface area contributed by atoms with Crippen LogP contribution in [0.1, 0.15) is 23.6 Å². The number of fused-ring (bicyclic) bond motifs is 1. The summed E-state index contributed by atoms with van der Waals surface area (Å²) >= 11 is 8.18. The van der Waals surface area contributed by atoms with Crippen LogP contribution in [0.15, 0.2) is 54.6 Å². The van der Waals surface area contributed by atoms with Crippen molar-refractivity contribution in [3.05, 3.63) is 79.9 Å². The van der Waals surface area contributed by atoms with Crippen LogP contribution in [0.25, 0.3) is 11.6 Å². The molecule has 0 aromatic heterocycles. The molecule has 4 rings (SSSR count). The second kappa shape index (κ2) is 10.2. The third-order valence-corrected chi connectivity index (χ3v) is 5.80. The molecule has 3 aromatic carbocycles. The van der Waals surface area contributed by atoms with E-state index in [9.17, 15) is 5.26 Å².